The van der Waals surface area contributed by atoms with E-state index in [-0.39, 0.29) is 11.5 Å². The van der Waals surface area contributed by atoms with E-state index < -0.39 is 5.60 Å². The van der Waals surface area contributed by atoms with Gasteiger partial charge >= 0.3 is 0 Å². The second-order valence-electron chi connectivity index (χ2n) is 9.24. The van der Waals surface area contributed by atoms with Crippen LogP contribution in [0.15, 0.2) is 22.8 Å². The molecule has 0 aromatic rings. The van der Waals surface area contributed by atoms with Crippen LogP contribution in [-0.2, 0) is 9.53 Å². The molecule has 0 spiro atoms. The summed E-state index contributed by atoms with van der Waals surface area (Å²) < 4.78 is 5.87. The van der Waals surface area contributed by atoms with Crippen LogP contribution in [0.2, 0.25) is 0 Å². The summed E-state index contributed by atoms with van der Waals surface area (Å²) >= 11 is 0. The Balaban J connectivity index is 1.63. The molecule has 0 saturated heterocycles. The van der Waals surface area contributed by atoms with Crippen LogP contribution in [0.1, 0.15) is 72.1 Å². The van der Waals surface area contributed by atoms with E-state index in [0.29, 0.717) is 30.6 Å². The first kappa shape index (κ1) is 17.5. The summed E-state index contributed by atoms with van der Waals surface area (Å²) in [5.41, 5.74) is 3.73. The van der Waals surface area contributed by atoms with Gasteiger partial charge in [-0.25, -0.2) is 0 Å². The van der Waals surface area contributed by atoms with E-state index >= 15 is 0 Å². The molecule has 138 valence electrons. The van der Waals surface area contributed by atoms with Crippen molar-refractivity contribution < 1.29 is 14.6 Å². The molecule has 25 heavy (non-hydrogen) atoms. The van der Waals surface area contributed by atoms with Crippen LogP contribution in [-0.4, -0.2) is 29.2 Å². The minimum absolute atomic E-state index is 0.0394. The number of hydrogen-bond acceptors (Lipinski definition) is 3. The van der Waals surface area contributed by atoms with Gasteiger partial charge in [-0.3, -0.25) is 4.79 Å². The molecule has 0 radical (unpaired) electrons. The summed E-state index contributed by atoms with van der Waals surface area (Å²) in [7, 11) is 0. The highest BCUT2D eigenvalue weighted by Gasteiger charge is 2.60. The average molecular weight is 344 g/mol. The lowest BCUT2D eigenvalue weighted by atomic mass is 9.55. The maximum absolute atomic E-state index is 11.8. The number of ketones is 1. The SMILES string of the molecule is CC(C)OC[C@]1(O)CC[C@H]2[C@@H]3CCC4=CC(=O)CCC4=C3CC[C@@]21C. The minimum atomic E-state index is -0.684. The van der Waals surface area contributed by atoms with E-state index in [9.17, 15) is 9.90 Å². The second-order valence-corrected chi connectivity index (χ2v) is 9.24. The van der Waals surface area contributed by atoms with E-state index in [2.05, 4.69) is 6.92 Å². The average Bonchev–Trinajstić information content (AvgIpc) is 2.84. The van der Waals surface area contributed by atoms with Gasteiger partial charge in [-0.2, -0.15) is 0 Å². The number of allylic oxidation sites excluding steroid dienone is 4. The lowest BCUT2D eigenvalue weighted by Gasteiger charge is -2.51. The molecule has 3 nitrogen and oxygen atoms in total. The third kappa shape index (κ3) is 2.66. The summed E-state index contributed by atoms with van der Waals surface area (Å²) in [4.78, 5) is 11.8. The topological polar surface area (TPSA) is 46.5 Å². The van der Waals surface area contributed by atoms with E-state index in [4.69, 9.17) is 4.74 Å². The molecule has 4 aliphatic rings. The molecule has 0 aliphatic heterocycles. The fraction of sp³-hybridized carbons (Fsp3) is 0.773. The summed E-state index contributed by atoms with van der Waals surface area (Å²) in [6.45, 7) is 6.86. The van der Waals surface area contributed by atoms with Gasteiger partial charge in [0.1, 0.15) is 0 Å². The third-order valence-corrected chi connectivity index (χ3v) is 7.71. The summed E-state index contributed by atoms with van der Waals surface area (Å²) in [6.07, 6.45) is 10.0. The number of fused-ring (bicyclic) bond motifs is 4. The molecule has 4 atom stereocenters. The molecule has 0 unspecified atom stereocenters. The van der Waals surface area contributed by atoms with Crippen molar-refractivity contribution in [1.82, 2.24) is 0 Å². The number of carbonyl (C=O) groups is 1. The van der Waals surface area contributed by atoms with Gasteiger partial charge in [0.2, 0.25) is 0 Å². The molecule has 0 heterocycles. The van der Waals surface area contributed by atoms with Crippen molar-refractivity contribution in [3.8, 4) is 0 Å². The van der Waals surface area contributed by atoms with Crippen molar-refractivity contribution >= 4 is 5.78 Å². The number of ether oxygens (including phenoxy) is 1. The fourth-order valence-corrected chi connectivity index (χ4v) is 6.18. The zero-order chi connectivity index (χ0) is 17.8. The normalized spacial score (nSPS) is 40.7. The van der Waals surface area contributed by atoms with Crippen molar-refractivity contribution in [2.45, 2.75) is 83.8 Å². The Morgan fingerprint density at radius 2 is 2.00 bits per heavy atom. The molecule has 2 saturated carbocycles. The summed E-state index contributed by atoms with van der Waals surface area (Å²) in [5.74, 6) is 1.47. The Bertz CT molecular complexity index is 644. The van der Waals surface area contributed by atoms with Gasteiger partial charge in [0.05, 0.1) is 18.3 Å². The molecule has 0 aromatic carbocycles. The van der Waals surface area contributed by atoms with Crippen molar-refractivity contribution in [3.05, 3.63) is 22.8 Å². The molecule has 4 aliphatic carbocycles. The van der Waals surface area contributed by atoms with Gasteiger partial charge in [-0.05, 0) is 87.9 Å². The standard InChI is InChI=1S/C22H32O3/c1-14(2)25-13-22(24)11-9-20-19-6-4-15-12-16(23)5-7-17(15)18(19)8-10-21(20,22)3/h12,14,19-20,24H,4-11,13H2,1-3H3/t19-,20+,21+,22-/m1/s1. The van der Waals surface area contributed by atoms with Gasteiger partial charge in [-0.1, -0.05) is 12.5 Å². The van der Waals surface area contributed by atoms with Crippen molar-refractivity contribution in [1.29, 1.82) is 0 Å². The summed E-state index contributed by atoms with van der Waals surface area (Å²) in [5, 5.41) is 11.5. The second kappa shape index (κ2) is 6.06. The first-order chi connectivity index (χ1) is 11.8. The predicted octanol–water partition coefficient (Wildman–Crippen LogP) is 4.35. The smallest absolute Gasteiger partial charge is 0.156 e. The maximum atomic E-state index is 11.8. The largest absolute Gasteiger partial charge is 0.387 e. The van der Waals surface area contributed by atoms with Crippen molar-refractivity contribution in [2.24, 2.45) is 17.3 Å². The highest BCUT2D eigenvalue weighted by Crippen LogP contribution is 2.63. The Morgan fingerprint density at radius 1 is 1.20 bits per heavy atom. The van der Waals surface area contributed by atoms with Crippen LogP contribution >= 0.6 is 0 Å². The zero-order valence-electron chi connectivity index (χ0n) is 15.9. The first-order valence-electron chi connectivity index (χ1n) is 10.1. The number of carbonyl (C=O) groups excluding carboxylic acids is 1. The number of rotatable bonds is 3. The molecule has 0 bridgehead atoms. The molecular formula is C22H32O3. The molecule has 1 N–H and O–H groups in total. The molecule has 2 fully saturated rings. The van der Waals surface area contributed by atoms with Crippen LogP contribution in [0, 0.1) is 17.3 Å². The van der Waals surface area contributed by atoms with Gasteiger partial charge in [0.25, 0.3) is 0 Å². The Kier molecular flexibility index (Phi) is 4.24. The monoisotopic (exact) mass is 344 g/mol. The minimum Gasteiger partial charge on any atom is -0.387 e. The van der Waals surface area contributed by atoms with E-state index in [1.807, 2.05) is 19.9 Å². The molecular weight excluding hydrogens is 312 g/mol. The van der Waals surface area contributed by atoms with E-state index in [0.717, 1.165) is 44.9 Å². The Labute approximate surface area is 151 Å². The lowest BCUT2D eigenvalue weighted by molar-refractivity contribution is -0.141. The van der Waals surface area contributed by atoms with Crippen LogP contribution in [0.25, 0.3) is 0 Å². The van der Waals surface area contributed by atoms with Gasteiger partial charge in [0.15, 0.2) is 5.78 Å². The quantitative estimate of drug-likeness (QED) is 0.828. The van der Waals surface area contributed by atoms with Crippen molar-refractivity contribution in [2.75, 3.05) is 6.61 Å². The molecule has 4 rings (SSSR count). The van der Waals surface area contributed by atoms with Crippen LogP contribution in [0.4, 0.5) is 0 Å². The fourth-order valence-electron chi connectivity index (χ4n) is 6.18. The molecule has 3 heteroatoms. The highest BCUT2D eigenvalue weighted by atomic mass is 16.5. The third-order valence-electron chi connectivity index (χ3n) is 7.71. The number of aliphatic hydroxyl groups is 1. The highest BCUT2D eigenvalue weighted by molar-refractivity contribution is 5.93. The predicted molar refractivity (Wildman–Crippen MR) is 98.2 cm³/mol. The number of hydrogen-bond donors (Lipinski definition) is 1. The van der Waals surface area contributed by atoms with E-state index in [1.165, 1.54) is 11.1 Å². The van der Waals surface area contributed by atoms with Gasteiger partial charge in [0, 0.05) is 11.8 Å². The van der Waals surface area contributed by atoms with Crippen molar-refractivity contribution in [3.63, 3.8) is 0 Å². The Hall–Kier alpha value is -0.930. The Morgan fingerprint density at radius 3 is 2.76 bits per heavy atom. The zero-order valence-corrected chi connectivity index (χ0v) is 15.9. The lowest BCUT2D eigenvalue weighted by Crippen LogP contribution is -2.52. The van der Waals surface area contributed by atoms with Crippen LogP contribution in [0.3, 0.4) is 0 Å². The first-order valence-corrected chi connectivity index (χ1v) is 10.1. The van der Waals surface area contributed by atoms with Gasteiger partial charge < -0.3 is 9.84 Å². The maximum Gasteiger partial charge on any atom is 0.156 e. The molecule has 0 amide bonds. The van der Waals surface area contributed by atoms with Crippen LogP contribution in [0.5, 0.6) is 0 Å². The van der Waals surface area contributed by atoms with E-state index in [1.54, 1.807) is 5.57 Å². The molecule has 0 aromatic heterocycles. The van der Waals surface area contributed by atoms with Gasteiger partial charge in [-0.15, -0.1) is 0 Å². The van der Waals surface area contributed by atoms with Crippen LogP contribution < -0.4 is 0 Å². The summed E-state index contributed by atoms with van der Waals surface area (Å²) in [6, 6.07) is 0.